The zero-order valence-electron chi connectivity index (χ0n) is 15.4. The molecule has 1 aromatic carbocycles. The van der Waals surface area contributed by atoms with Crippen molar-refractivity contribution < 1.29 is 0 Å². The fraction of sp³-hybridized carbons (Fsp3) is 0.632. The summed E-state index contributed by atoms with van der Waals surface area (Å²) in [6, 6.07) is 9.64. The van der Waals surface area contributed by atoms with Crippen LogP contribution in [-0.2, 0) is 6.42 Å². The van der Waals surface area contributed by atoms with Crippen LogP contribution in [0.15, 0.2) is 29.3 Å². The summed E-state index contributed by atoms with van der Waals surface area (Å²) in [7, 11) is 8.32. The molecule has 1 aliphatic heterocycles. The van der Waals surface area contributed by atoms with Crippen LogP contribution in [0, 0.1) is 0 Å². The van der Waals surface area contributed by atoms with E-state index in [1.54, 1.807) is 0 Å². The van der Waals surface area contributed by atoms with Gasteiger partial charge in [-0.1, -0.05) is 12.1 Å². The molecule has 0 amide bonds. The van der Waals surface area contributed by atoms with E-state index in [9.17, 15) is 0 Å². The summed E-state index contributed by atoms with van der Waals surface area (Å²) in [6.45, 7) is 5.51. The summed E-state index contributed by atoms with van der Waals surface area (Å²) >= 11 is 0. The molecule has 23 heavy (non-hydrogen) atoms. The summed E-state index contributed by atoms with van der Waals surface area (Å²) in [5.74, 6) is 1.17. The summed E-state index contributed by atoms with van der Waals surface area (Å²) in [4.78, 5) is 11.4. The van der Waals surface area contributed by atoms with Gasteiger partial charge in [0.25, 0.3) is 0 Å². The topological polar surface area (TPSA) is 22.1 Å². The fourth-order valence-electron chi connectivity index (χ4n) is 3.22. The highest BCUT2D eigenvalue weighted by Gasteiger charge is 2.22. The molecule has 1 aromatic rings. The summed E-state index contributed by atoms with van der Waals surface area (Å²) in [5.41, 5.74) is 2.69. The molecule has 0 unspecified atom stereocenters. The molecule has 4 nitrogen and oxygen atoms in total. The van der Waals surface area contributed by atoms with Crippen molar-refractivity contribution in [3.05, 3.63) is 29.8 Å². The quantitative estimate of drug-likeness (QED) is 0.616. The van der Waals surface area contributed by atoms with Crippen molar-refractivity contribution in [3.8, 4) is 0 Å². The first-order valence-electron chi connectivity index (χ1n) is 8.66. The van der Waals surface area contributed by atoms with Gasteiger partial charge < -0.3 is 14.7 Å². The number of piperidine rings is 1. The number of likely N-dealkylation sites (tertiary alicyclic amines) is 1. The number of hydrogen-bond donors (Lipinski definition) is 0. The molecule has 0 spiro atoms. The molecule has 0 saturated carbocycles. The predicted molar refractivity (Wildman–Crippen MR) is 101 cm³/mol. The number of likely N-dealkylation sites (N-methyl/N-ethyl adjacent to an activating group) is 1. The van der Waals surface area contributed by atoms with Crippen LogP contribution >= 0.6 is 0 Å². The van der Waals surface area contributed by atoms with Gasteiger partial charge in [0, 0.05) is 52.5 Å². The average molecular weight is 316 g/mol. The van der Waals surface area contributed by atoms with E-state index < -0.39 is 0 Å². The Morgan fingerprint density at radius 3 is 2.26 bits per heavy atom. The summed E-state index contributed by atoms with van der Waals surface area (Å²) in [5, 5.41) is 0. The van der Waals surface area contributed by atoms with Crippen LogP contribution in [0.5, 0.6) is 0 Å². The molecular weight excluding hydrogens is 284 g/mol. The fourth-order valence-corrected chi connectivity index (χ4v) is 3.22. The van der Waals surface area contributed by atoms with Crippen LogP contribution in [0.4, 0.5) is 5.69 Å². The molecule has 1 saturated heterocycles. The van der Waals surface area contributed by atoms with E-state index in [1.807, 2.05) is 7.05 Å². The first-order valence-corrected chi connectivity index (χ1v) is 8.66. The Morgan fingerprint density at radius 1 is 1.13 bits per heavy atom. The Hall–Kier alpha value is -1.55. The first kappa shape index (κ1) is 17.8. The molecule has 1 fully saturated rings. The number of nitrogens with zero attached hydrogens (tertiary/aromatic N) is 4. The van der Waals surface area contributed by atoms with Gasteiger partial charge in [0.2, 0.25) is 0 Å². The molecule has 0 aromatic heterocycles. The van der Waals surface area contributed by atoms with E-state index in [0.29, 0.717) is 6.04 Å². The van der Waals surface area contributed by atoms with Gasteiger partial charge in [0.15, 0.2) is 0 Å². The SMILES string of the molecule is C/N=C(\C)N1CCC(N(C)CCc2ccc(N(C)C)cc2)CC1. The smallest absolute Gasteiger partial charge is 0.0954 e. The van der Waals surface area contributed by atoms with Crippen LogP contribution in [0.1, 0.15) is 25.3 Å². The van der Waals surface area contributed by atoms with Crippen molar-refractivity contribution >= 4 is 11.5 Å². The van der Waals surface area contributed by atoms with E-state index in [1.165, 1.54) is 29.9 Å². The van der Waals surface area contributed by atoms with Gasteiger partial charge in [0.05, 0.1) is 5.84 Å². The zero-order valence-corrected chi connectivity index (χ0v) is 15.4. The Balaban J connectivity index is 1.78. The Kier molecular flexibility index (Phi) is 6.46. The number of hydrogen-bond acceptors (Lipinski definition) is 3. The minimum absolute atomic E-state index is 0.706. The Morgan fingerprint density at radius 2 is 1.74 bits per heavy atom. The normalized spacial score (nSPS) is 17.0. The molecule has 0 radical (unpaired) electrons. The summed E-state index contributed by atoms with van der Waals surface area (Å²) < 4.78 is 0. The second kappa shape index (κ2) is 8.34. The van der Waals surface area contributed by atoms with Crippen LogP contribution in [0.3, 0.4) is 0 Å². The third-order valence-corrected chi connectivity index (χ3v) is 5.08. The van der Waals surface area contributed by atoms with Crippen LogP contribution in [-0.4, -0.2) is 69.5 Å². The van der Waals surface area contributed by atoms with Crippen molar-refractivity contribution in [2.45, 2.75) is 32.2 Å². The van der Waals surface area contributed by atoms with Crippen molar-refractivity contribution in [2.24, 2.45) is 4.99 Å². The van der Waals surface area contributed by atoms with Gasteiger partial charge in [-0.3, -0.25) is 4.99 Å². The second-order valence-corrected chi connectivity index (χ2v) is 6.78. The number of rotatable bonds is 5. The molecule has 2 rings (SSSR count). The lowest BCUT2D eigenvalue weighted by molar-refractivity contribution is 0.165. The van der Waals surface area contributed by atoms with E-state index >= 15 is 0 Å². The van der Waals surface area contributed by atoms with Gasteiger partial charge in [-0.05, 0) is 50.9 Å². The molecule has 4 heteroatoms. The van der Waals surface area contributed by atoms with Crippen LogP contribution in [0.2, 0.25) is 0 Å². The Bertz CT molecular complexity index is 499. The molecule has 0 bridgehead atoms. The molecule has 128 valence electrons. The van der Waals surface area contributed by atoms with Gasteiger partial charge in [0.1, 0.15) is 0 Å². The van der Waals surface area contributed by atoms with Crippen molar-refractivity contribution in [1.82, 2.24) is 9.80 Å². The second-order valence-electron chi connectivity index (χ2n) is 6.78. The highest BCUT2D eigenvalue weighted by molar-refractivity contribution is 5.79. The lowest BCUT2D eigenvalue weighted by Crippen LogP contribution is -2.45. The molecule has 0 atom stereocenters. The van der Waals surface area contributed by atoms with Gasteiger partial charge in [-0.25, -0.2) is 0 Å². The van der Waals surface area contributed by atoms with E-state index in [-0.39, 0.29) is 0 Å². The van der Waals surface area contributed by atoms with Crippen molar-refractivity contribution in [2.75, 3.05) is 52.7 Å². The highest BCUT2D eigenvalue weighted by atomic mass is 15.2. The molecule has 0 N–H and O–H groups in total. The number of anilines is 1. The van der Waals surface area contributed by atoms with Gasteiger partial charge in [-0.15, -0.1) is 0 Å². The largest absolute Gasteiger partial charge is 0.378 e. The van der Waals surface area contributed by atoms with Crippen LogP contribution < -0.4 is 4.90 Å². The molecular formula is C19H32N4. The minimum atomic E-state index is 0.706. The number of benzene rings is 1. The highest BCUT2D eigenvalue weighted by Crippen LogP contribution is 2.17. The van der Waals surface area contributed by atoms with Crippen molar-refractivity contribution in [1.29, 1.82) is 0 Å². The number of amidine groups is 1. The van der Waals surface area contributed by atoms with E-state index in [4.69, 9.17) is 0 Å². The minimum Gasteiger partial charge on any atom is -0.378 e. The Labute approximate surface area is 141 Å². The third-order valence-electron chi connectivity index (χ3n) is 5.08. The number of aliphatic imine (C=N–C) groups is 1. The van der Waals surface area contributed by atoms with Gasteiger partial charge in [-0.2, -0.15) is 0 Å². The zero-order chi connectivity index (χ0) is 16.8. The van der Waals surface area contributed by atoms with E-state index in [2.05, 4.69) is 72.0 Å². The standard InChI is InChI=1S/C19H32N4/c1-16(20-2)23-14-11-19(12-15-23)22(5)13-10-17-6-8-18(9-7-17)21(3)4/h6-9,19H,10-15H2,1-5H3/b20-16+. The predicted octanol–water partition coefficient (Wildman–Crippen LogP) is 2.74. The van der Waals surface area contributed by atoms with Gasteiger partial charge >= 0.3 is 0 Å². The third kappa shape index (κ3) is 4.96. The lowest BCUT2D eigenvalue weighted by Gasteiger charge is -2.37. The van der Waals surface area contributed by atoms with Crippen molar-refractivity contribution in [3.63, 3.8) is 0 Å². The maximum atomic E-state index is 4.30. The lowest BCUT2D eigenvalue weighted by atomic mass is 10.0. The summed E-state index contributed by atoms with van der Waals surface area (Å²) in [6.07, 6.45) is 3.60. The van der Waals surface area contributed by atoms with Crippen LogP contribution in [0.25, 0.3) is 0 Å². The molecule has 0 aliphatic carbocycles. The average Bonchev–Trinajstić information content (AvgIpc) is 2.59. The first-order chi connectivity index (χ1) is 11.0. The van der Waals surface area contributed by atoms with E-state index in [0.717, 1.165) is 26.1 Å². The maximum absolute atomic E-state index is 4.30. The maximum Gasteiger partial charge on any atom is 0.0954 e. The molecule has 1 heterocycles. The monoisotopic (exact) mass is 316 g/mol. The molecule has 1 aliphatic rings.